The van der Waals surface area contributed by atoms with Gasteiger partial charge in [-0.05, 0) is 18.2 Å². The Balaban J connectivity index is 3.19. The summed E-state index contributed by atoms with van der Waals surface area (Å²) in [6, 6.07) is 1.61. The van der Waals surface area contributed by atoms with Gasteiger partial charge in [0.15, 0.2) is 0 Å². The van der Waals surface area contributed by atoms with Gasteiger partial charge in [0, 0.05) is 12.6 Å². The molecule has 0 atom stereocenters. The molecule has 0 saturated carbocycles. The molecule has 3 nitrogen and oxygen atoms in total. The van der Waals surface area contributed by atoms with Gasteiger partial charge < -0.3 is 0 Å². The van der Waals surface area contributed by atoms with E-state index < -0.39 is 29.0 Å². The van der Waals surface area contributed by atoms with Crippen LogP contribution in [0.4, 0.5) is 17.6 Å². The summed E-state index contributed by atoms with van der Waals surface area (Å²) in [6.45, 7) is 0. The van der Waals surface area contributed by atoms with E-state index in [1.54, 1.807) is 0 Å². The number of benzene rings is 1. The van der Waals surface area contributed by atoms with Crippen LogP contribution in [0.25, 0.3) is 0 Å². The van der Waals surface area contributed by atoms with Crippen molar-refractivity contribution in [1.82, 2.24) is 5.06 Å². The highest BCUT2D eigenvalue weighted by molar-refractivity contribution is 5.93. The van der Waals surface area contributed by atoms with Crippen LogP contribution in [0.15, 0.2) is 18.2 Å². The molecule has 0 N–H and O–H groups in total. The summed E-state index contributed by atoms with van der Waals surface area (Å²) >= 11 is 0. The monoisotopic (exact) mass is 251 g/mol. The summed E-state index contributed by atoms with van der Waals surface area (Å²) < 4.78 is 50.1. The molecule has 0 aliphatic rings. The molecule has 94 valence electrons. The lowest BCUT2D eigenvalue weighted by molar-refractivity contribution is -0.137. The first-order valence-corrected chi connectivity index (χ1v) is 4.45. The lowest BCUT2D eigenvalue weighted by Gasteiger charge is -2.15. The number of rotatable bonds is 2. The highest BCUT2D eigenvalue weighted by atomic mass is 19.4. The molecule has 0 aliphatic carbocycles. The van der Waals surface area contributed by atoms with E-state index in [-0.39, 0.29) is 0 Å². The fourth-order valence-electron chi connectivity index (χ4n) is 1.14. The largest absolute Gasteiger partial charge is 0.416 e. The zero-order valence-electron chi connectivity index (χ0n) is 9.01. The fourth-order valence-corrected chi connectivity index (χ4v) is 1.14. The molecule has 0 aliphatic heterocycles. The van der Waals surface area contributed by atoms with Gasteiger partial charge in [-0.15, -0.1) is 0 Å². The Kier molecular flexibility index (Phi) is 3.72. The van der Waals surface area contributed by atoms with Gasteiger partial charge in [0.05, 0.1) is 12.7 Å². The third-order valence-electron chi connectivity index (χ3n) is 2.03. The van der Waals surface area contributed by atoms with Crippen LogP contribution in [-0.4, -0.2) is 25.1 Å². The number of hydrogen-bond donors (Lipinski definition) is 0. The summed E-state index contributed by atoms with van der Waals surface area (Å²) in [6.07, 6.45) is -4.71. The van der Waals surface area contributed by atoms with E-state index in [1.807, 2.05) is 0 Å². The molecule has 17 heavy (non-hydrogen) atoms. The van der Waals surface area contributed by atoms with Crippen molar-refractivity contribution < 1.29 is 27.2 Å². The van der Waals surface area contributed by atoms with Crippen LogP contribution in [0.3, 0.4) is 0 Å². The Morgan fingerprint density at radius 2 is 1.88 bits per heavy atom. The van der Waals surface area contributed by atoms with Crippen molar-refractivity contribution in [3.8, 4) is 0 Å². The fraction of sp³-hybridized carbons (Fsp3) is 0.300. The predicted molar refractivity (Wildman–Crippen MR) is 50.5 cm³/mol. The van der Waals surface area contributed by atoms with Crippen molar-refractivity contribution in [1.29, 1.82) is 0 Å². The zero-order valence-corrected chi connectivity index (χ0v) is 9.01. The number of alkyl halides is 3. The SMILES string of the molecule is CON(C)C(=O)c1cc(F)cc(C(F)(F)F)c1. The molecule has 0 radical (unpaired) electrons. The standard InChI is InChI=1S/C10H9F4NO2/c1-15(17-2)9(16)6-3-7(10(12,13)14)5-8(11)4-6/h3-5H,1-2H3. The number of carbonyl (C=O) groups excluding carboxylic acids is 1. The molecule has 0 spiro atoms. The average molecular weight is 251 g/mol. The van der Waals surface area contributed by atoms with E-state index in [2.05, 4.69) is 4.84 Å². The van der Waals surface area contributed by atoms with Crippen molar-refractivity contribution in [3.63, 3.8) is 0 Å². The molecule has 0 bridgehead atoms. The van der Waals surface area contributed by atoms with Crippen LogP contribution in [0.1, 0.15) is 15.9 Å². The van der Waals surface area contributed by atoms with E-state index in [9.17, 15) is 22.4 Å². The van der Waals surface area contributed by atoms with Crippen molar-refractivity contribution in [2.24, 2.45) is 0 Å². The third kappa shape index (κ3) is 3.16. The number of hydrogen-bond acceptors (Lipinski definition) is 2. The maximum absolute atomic E-state index is 13.0. The Hall–Kier alpha value is -1.63. The number of halogens is 4. The molecular formula is C10H9F4NO2. The number of hydroxylamine groups is 2. The van der Waals surface area contributed by atoms with Crippen molar-refractivity contribution in [3.05, 3.63) is 35.1 Å². The van der Waals surface area contributed by atoms with Crippen LogP contribution >= 0.6 is 0 Å². The highest BCUT2D eigenvalue weighted by Gasteiger charge is 2.32. The molecule has 1 aromatic rings. The number of amides is 1. The Morgan fingerprint density at radius 1 is 1.29 bits per heavy atom. The van der Waals surface area contributed by atoms with Crippen molar-refractivity contribution >= 4 is 5.91 Å². The lowest BCUT2D eigenvalue weighted by atomic mass is 10.1. The van der Waals surface area contributed by atoms with Crippen LogP contribution < -0.4 is 0 Å². The first-order chi connectivity index (χ1) is 7.75. The molecule has 0 unspecified atom stereocenters. The minimum Gasteiger partial charge on any atom is -0.274 e. The summed E-state index contributed by atoms with van der Waals surface area (Å²) in [7, 11) is 2.38. The van der Waals surface area contributed by atoms with E-state index in [4.69, 9.17) is 0 Å². The van der Waals surface area contributed by atoms with Gasteiger partial charge in [-0.25, -0.2) is 9.45 Å². The maximum atomic E-state index is 13.0. The van der Waals surface area contributed by atoms with E-state index >= 15 is 0 Å². The molecule has 0 saturated heterocycles. The van der Waals surface area contributed by atoms with Gasteiger partial charge in [-0.1, -0.05) is 0 Å². The first-order valence-electron chi connectivity index (χ1n) is 4.45. The van der Waals surface area contributed by atoms with E-state index in [0.29, 0.717) is 23.3 Å². The Morgan fingerprint density at radius 3 is 2.35 bits per heavy atom. The Bertz CT molecular complexity index is 431. The van der Waals surface area contributed by atoms with E-state index in [1.165, 1.54) is 14.2 Å². The normalized spacial score (nSPS) is 11.4. The molecule has 1 rings (SSSR count). The minimum absolute atomic E-state index is 0.323. The van der Waals surface area contributed by atoms with Crippen molar-refractivity contribution in [2.45, 2.75) is 6.18 Å². The molecule has 0 heterocycles. The molecule has 0 fully saturated rings. The molecule has 7 heteroatoms. The zero-order chi connectivity index (χ0) is 13.2. The quantitative estimate of drug-likeness (QED) is 0.597. The molecular weight excluding hydrogens is 242 g/mol. The lowest BCUT2D eigenvalue weighted by Crippen LogP contribution is -2.26. The topological polar surface area (TPSA) is 29.5 Å². The number of nitrogens with zero attached hydrogens (tertiary/aromatic N) is 1. The Labute approximate surface area is 94.5 Å². The summed E-state index contributed by atoms with van der Waals surface area (Å²) in [5, 5.41) is 0.703. The van der Waals surface area contributed by atoms with Crippen LogP contribution in [-0.2, 0) is 11.0 Å². The second-order valence-electron chi connectivity index (χ2n) is 3.21. The maximum Gasteiger partial charge on any atom is 0.416 e. The third-order valence-corrected chi connectivity index (χ3v) is 2.03. The first kappa shape index (κ1) is 13.4. The molecule has 0 aromatic heterocycles. The van der Waals surface area contributed by atoms with Gasteiger partial charge in [0.2, 0.25) is 0 Å². The second-order valence-corrected chi connectivity index (χ2v) is 3.21. The van der Waals surface area contributed by atoms with Gasteiger partial charge in [-0.3, -0.25) is 9.63 Å². The summed E-state index contributed by atoms with van der Waals surface area (Å²) in [5.74, 6) is -2.00. The van der Waals surface area contributed by atoms with Gasteiger partial charge in [0.25, 0.3) is 5.91 Å². The molecule has 1 aromatic carbocycles. The van der Waals surface area contributed by atoms with Gasteiger partial charge >= 0.3 is 6.18 Å². The predicted octanol–water partition coefficient (Wildman–Crippen LogP) is 2.48. The van der Waals surface area contributed by atoms with Crippen LogP contribution in [0.5, 0.6) is 0 Å². The smallest absolute Gasteiger partial charge is 0.274 e. The number of carbonyl (C=O) groups is 1. The van der Waals surface area contributed by atoms with Gasteiger partial charge in [0.1, 0.15) is 5.82 Å². The summed E-state index contributed by atoms with van der Waals surface area (Å²) in [5.41, 5.74) is -1.65. The van der Waals surface area contributed by atoms with Crippen LogP contribution in [0, 0.1) is 5.82 Å². The summed E-state index contributed by atoms with van der Waals surface area (Å²) in [4.78, 5) is 16.0. The van der Waals surface area contributed by atoms with Crippen LogP contribution in [0.2, 0.25) is 0 Å². The second kappa shape index (κ2) is 4.70. The highest BCUT2D eigenvalue weighted by Crippen LogP contribution is 2.30. The molecule has 1 amide bonds. The minimum atomic E-state index is -4.71. The van der Waals surface area contributed by atoms with Gasteiger partial charge in [-0.2, -0.15) is 13.2 Å². The van der Waals surface area contributed by atoms with E-state index in [0.717, 1.165) is 0 Å². The van der Waals surface area contributed by atoms with Crippen molar-refractivity contribution in [2.75, 3.05) is 14.2 Å². The average Bonchev–Trinajstić information content (AvgIpc) is 2.25.